The van der Waals surface area contributed by atoms with Crippen molar-refractivity contribution < 1.29 is 14.7 Å². The van der Waals surface area contributed by atoms with Crippen LogP contribution in [-0.4, -0.2) is 35.0 Å². The van der Waals surface area contributed by atoms with E-state index in [1.54, 1.807) is 17.0 Å². The van der Waals surface area contributed by atoms with Gasteiger partial charge in [-0.3, -0.25) is 9.59 Å². The van der Waals surface area contributed by atoms with Gasteiger partial charge >= 0.3 is 5.97 Å². The number of aryl methyl sites for hydroxylation is 1. The molecule has 1 fully saturated rings. The minimum absolute atomic E-state index is 0.0715. The highest BCUT2D eigenvalue weighted by Crippen LogP contribution is 2.23. The summed E-state index contributed by atoms with van der Waals surface area (Å²) >= 11 is 0. The van der Waals surface area contributed by atoms with E-state index in [1.807, 2.05) is 26.0 Å². The average molecular weight is 261 g/mol. The fourth-order valence-electron chi connectivity index (χ4n) is 2.58. The van der Waals surface area contributed by atoms with Gasteiger partial charge in [0.05, 0.1) is 5.92 Å². The van der Waals surface area contributed by atoms with Gasteiger partial charge in [0, 0.05) is 18.7 Å². The van der Waals surface area contributed by atoms with Crippen molar-refractivity contribution in [2.75, 3.05) is 13.1 Å². The van der Waals surface area contributed by atoms with Crippen LogP contribution in [0.5, 0.6) is 0 Å². The third kappa shape index (κ3) is 3.13. The summed E-state index contributed by atoms with van der Waals surface area (Å²) in [5.74, 6) is -1.10. The molecule has 2 unspecified atom stereocenters. The van der Waals surface area contributed by atoms with Crippen molar-refractivity contribution >= 4 is 11.9 Å². The van der Waals surface area contributed by atoms with Gasteiger partial charge in [0.25, 0.3) is 5.91 Å². The molecule has 2 atom stereocenters. The minimum Gasteiger partial charge on any atom is -0.481 e. The number of hydrogen-bond donors (Lipinski definition) is 1. The molecule has 0 spiro atoms. The number of carbonyl (C=O) groups is 2. The van der Waals surface area contributed by atoms with Gasteiger partial charge in [-0.25, -0.2) is 0 Å². The first-order chi connectivity index (χ1) is 8.97. The van der Waals surface area contributed by atoms with E-state index >= 15 is 0 Å². The number of carboxylic acid groups (broad SMARTS) is 1. The van der Waals surface area contributed by atoms with Crippen LogP contribution in [0.15, 0.2) is 24.3 Å². The summed E-state index contributed by atoms with van der Waals surface area (Å²) in [6.07, 6.45) is 0.646. The first-order valence-corrected chi connectivity index (χ1v) is 6.56. The van der Waals surface area contributed by atoms with Crippen LogP contribution in [0.1, 0.15) is 29.3 Å². The zero-order chi connectivity index (χ0) is 14.0. The molecule has 1 amide bonds. The molecule has 0 radical (unpaired) electrons. The lowest BCUT2D eigenvalue weighted by Crippen LogP contribution is -2.45. The van der Waals surface area contributed by atoms with Gasteiger partial charge in [0.1, 0.15) is 0 Å². The standard InChI is InChI=1S/C15H19NO3/c1-10-3-5-12(6-4-10)14(17)16-8-11(2)7-13(9-16)15(18)19/h3-6,11,13H,7-9H2,1-2H3,(H,18,19). The minimum atomic E-state index is -0.812. The third-order valence-corrected chi connectivity index (χ3v) is 3.59. The lowest BCUT2D eigenvalue weighted by atomic mass is 9.90. The van der Waals surface area contributed by atoms with Crippen molar-refractivity contribution in [2.45, 2.75) is 20.3 Å². The van der Waals surface area contributed by atoms with E-state index in [9.17, 15) is 9.59 Å². The molecule has 0 bridgehead atoms. The molecule has 4 nitrogen and oxygen atoms in total. The van der Waals surface area contributed by atoms with Crippen LogP contribution in [-0.2, 0) is 4.79 Å². The Kier molecular flexibility index (Phi) is 3.88. The van der Waals surface area contributed by atoms with Crippen LogP contribution < -0.4 is 0 Å². The predicted molar refractivity (Wildman–Crippen MR) is 72.0 cm³/mol. The van der Waals surface area contributed by atoms with Gasteiger partial charge in [-0.2, -0.15) is 0 Å². The van der Waals surface area contributed by atoms with Crippen LogP contribution in [0.3, 0.4) is 0 Å². The van der Waals surface area contributed by atoms with Crippen LogP contribution >= 0.6 is 0 Å². The van der Waals surface area contributed by atoms with Crippen LogP contribution in [0.25, 0.3) is 0 Å². The SMILES string of the molecule is Cc1ccc(C(=O)N2CC(C)CC(C(=O)O)C2)cc1. The van der Waals surface area contributed by atoms with Crippen LogP contribution in [0, 0.1) is 18.8 Å². The van der Waals surface area contributed by atoms with Gasteiger partial charge in [-0.15, -0.1) is 0 Å². The number of carboxylic acids is 1. The molecule has 0 aromatic heterocycles. The molecule has 1 heterocycles. The summed E-state index contributed by atoms with van der Waals surface area (Å²) < 4.78 is 0. The summed E-state index contributed by atoms with van der Waals surface area (Å²) in [5, 5.41) is 9.12. The van der Waals surface area contributed by atoms with Crippen molar-refractivity contribution in [3.05, 3.63) is 35.4 Å². The van der Waals surface area contributed by atoms with E-state index in [0.29, 0.717) is 25.1 Å². The molecule has 0 aliphatic carbocycles. The first kappa shape index (κ1) is 13.6. The van der Waals surface area contributed by atoms with Gasteiger partial charge in [0.2, 0.25) is 0 Å². The number of hydrogen-bond acceptors (Lipinski definition) is 2. The molecular weight excluding hydrogens is 242 g/mol. The monoisotopic (exact) mass is 261 g/mol. The Balaban J connectivity index is 2.14. The Bertz CT molecular complexity index is 481. The number of aliphatic carboxylic acids is 1. The fourth-order valence-corrected chi connectivity index (χ4v) is 2.58. The number of amides is 1. The second-order valence-electron chi connectivity index (χ2n) is 5.45. The van der Waals surface area contributed by atoms with Gasteiger partial charge in [-0.1, -0.05) is 24.6 Å². The topological polar surface area (TPSA) is 57.6 Å². The molecule has 1 aliphatic heterocycles. The number of nitrogens with zero attached hydrogens (tertiary/aromatic N) is 1. The number of benzene rings is 1. The zero-order valence-electron chi connectivity index (χ0n) is 11.3. The van der Waals surface area contributed by atoms with Gasteiger partial charge in [0.15, 0.2) is 0 Å². The highest BCUT2D eigenvalue weighted by molar-refractivity contribution is 5.94. The quantitative estimate of drug-likeness (QED) is 0.887. The van der Waals surface area contributed by atoms with E-state index in [1.165, 1.54) is 0 Å². The maximum absolute atomic E-state index is 12.4. The second kappa shape index (κ2) is 5.43. The maximum Gasteiger partial charge on any atom is 0.308 e. The number of likely N-dealkylation sites (tertiary alicyclic amines) is 1. The normalized spacial score (nSPS) is 23.2. The molecule has 1 saturated heterocycles. The van der Waals surface area contributed by atoms with Crippen molar-refractivity contribution in [3.63, 3.8) is 0 Å². The molecule has 1 aliphatic rings. The predicted octanol–water partition coefficient (Wildman–Crippen LogP) is 2.18. The van der Waals surface area contributed by atoms with E-state index in [4.69, 9.17) is 5.11 Å². The van der Waals surface area contributed by atoms with E-state index < -0.39 is 11.9 Å². The Labute approximate surface area is 113 Å². The van der Waals surface area contributed by atoms with Crippen LogP contribution in [0.2, 0.25) is 0 Å². The molecule has 1 aromatic carbocycles. The fraction of sp³-hybridized carbons (Fsp3) is 0.467. The molecule has 19 heavy (non-hydrogen) atoms. The summed E-state index contributed by atoms with van der Waals surface area (Å²) in [6, 6.07) is 7.39. The molecule has 102 valence electrons. The smallest absolute Gasteiger partial charge is 0.308 e. The molecule has 4 heteroatoms. The number of rotatable bonds is 2. The zero-order valence-corrected chi connectivity index (χ0v) is 11.3. The van der Waals surface area contributed by atoms with Crippen molar-refractivity contribution in [1.82, 2.24) is 4.90 Å². The maximum atomic E-state index is 12.4. The molecule has 1 N–H and O–H groups in total. The van der Waals surface area contributed by atoms with Crippen molar-refractivity contribution in [2.24, 2.45) is 11.8 Å². The van der Waals surface area contributed by atoms with E-state index in [-0.39, 0.29) is 11.8 Å². The lowest BCUT2D eigenvalue weighted by molar-refractivity contribution is -0.143. The number of carbonyl (C=O) groups excluding carboxylic acids is 1. The first-order valence-electron chi connectivity index (χ1n) is 6.56. The Morgan fingerprint density at radius 1 is 1.21 bits per heavy atom. The largest absolute Gasteiger partial charge is 0.481 e. The van der Waals surface area contributed by atoms with Gasteiger partial charge < -0.3 is 10.0 Å². The summed E-state index contributed by atoms with van der Waals surface area (Å²) in [5.41, 5.74) is 1.73. The van der Waals surface area contributed by atoms with Crippen LogP contribution in [0.4, 0.5) is 0 Å². The average Bonchev–Trinajstić information content (AvgIpc) is 2.38. The van der Waals surface area contributed by atoms with E-state index in [2.05, 4.69) is 0 Å². The highest BCUT2D eigenvalue weighted by Gasteiger charge is 2.32. The highest BCUT2D eigenvalue weighted by atomic mass is 16.4. The summed E-state index contributed by atoms with van der Waals surface area (Å²) in [4.78, 5) is 25.1. The van der Waals surface area contributed by atoms with Crippen molar-refractivity contribution in [1.29, 1.82) is 0 Å². The lowest BCUT2D eigenvalue weighted by Gasteiger charge is -2.34. The molecule has 1 aromatic rings. The third-order valence-electron chi connectivity index (χ3n) is 3.59. The molecule has 0 saturated carbocycles. The molecular formula is C15H19NO3. The summed E-state index contributed by atoms with van der Waals surface area (Å²) in [6.45, 7) is 4.91. The summed E-state index contributed by atoms with van der Waals surface area (Å²) in [7, 11) is 0. The number of piperidine rings is 1. The van der Waals surface area contributed by atoms with Gasteiger partial charge in [-0.05, 0) is 31.4 Å². The Morgan fingerprint density at radius 2 is 1.84 bits per heavy atom. The Hall–Kier alpha value is -1.84. The van der Waals surface area contributed by atoms with E-state index in [0.717, 1.165) is 5.56 Å². The Morgan fingerprint density at radius 3 is 2.42 bits per heavy atom. The second-order valence-corrected chi connectivity index (χ2v) is 5.45. The molecule has 2 rings (SSSR count). The van der Waals surface area contributed by atoms with Crippen molar-refractivity contribution in [3.8, 4) is 0 Å².